The second kappa shape index (κ2) is 10.5. The van der Waals surface area contributed by atoms with Crippen molar-refractivity contribution in [2.75, 3.05) is 0 Å². The molecule has 0 aliphatic carbocycles. The van der Waals surface area contributed by atoms with Gasteiger partial charge in [-0.2, -0.15) is 0 Å². The number of rotatable bonds is 6. The molecule has 0 aromatic heterocycles. The molecule has 0 aromatic carbocycles. The second-order valence-electron chi connectivity index (χ2n) is 3.67. The predicted molar refractivity (Wildman–Crippen MR) is 82.2 cm³/mol. The van der Waals surface area contributed by atoms with Crippen LogP contribution in [0.15, 0.2) is 72.7 Å². The van der Waals surface area contributed by atoms with Crippen LogP contribution in [-0.2, 0) is 0 Å². The topological polar surface area (TPSA) is 0 Å². The zero-order valence-electron chi connectivity index (χ0n) is 12.1. The van der Waals surface area contributed by atoms with Crippen molar-refractivity contribution in [2.45, 2.75) is 34.1 Å². The van der Waals surface area contributed by atoms with Crippen molar-refractivity contribution in [3.63, 3.8) is 0 Å². The Hall–Kier alpha value is -1.63. The van der Waals surface area contributed by atoms with Crippen molar-refractivity contribution in [1.82, 2.24) is 0 Å². The standard InChI is InChI=1S/C15H19F.C2H6/c1-7-12(4)8-9-13(5)14(6)10-15(16)11(2)3;1-2/h8-10H,2,4-7H2,1,3H3;1-2H3/b9-8-,15-10+;. The zero-order chi connectivity index (χ0) is 14.7. The Bertz CT molecular complexity index is 378. The minimum atomic E-state index is -0.367. The maximum atomic E-state index is 13.2. The lowest BCUT2D eigenvalue weighted by molar-refractivity contribution is 0.652. The molecule has 18 heavy (non-hydrogen) atoms. The molecule has 0 nitrogen and oxygen atoms in total. The van der Waals surface area contributed by atoms with E-state index in [-0.39, 0.29) is 5.83 Å². The van der Waals surface area contributed by atoms with Gasteiger partial charge in [-0.15, -0.1) is 0 Å². The van der Waals surface area contributed by atoms with Crippen molar-refractivity contribution in [1.29, 1.82) is 0 Å². The van der Waals surface area contributed by atoms with Gasteiger partial charge in [-0.05, 0) is 36.1 Å². The summed E-state index contributed by atoms with van der Waals surface area (Å²) in [7, 11) is 0. The Kier molecular flexibility index (Phi) is 10.9. The van der Waals surface area contributed by atoms with Crippen LogP contribution in [0.5, 0.6) is 0 Å². The SMILES string of the molecule is C=C(/C=C\C(=C)C(=C)/C=C(/F)C(=C)C)CC.CC. The molecule has 0 atom stereocenters. The van der Waals surface area contributed by atoms with Gasteiger partial charge in [0.15, 0.2) is 0 Å². The van der Waals surface area contributed by atoms with Crippen LogP contribution in [-0.4, -0.2) is 0 Å². The van der Waals surface area contributed by atoms with Crippen LogP contribution in [0.1, 0.15) is 34.1 Å². The smallest absolute Gasteiger partial charge is 0.126 e. The van der Waals surface area contributed by atoms with E-state index in [1.54, 1.807) is 13.0 Å². The molecule has 0 heterocycles. The van der Waals surface area contributed by atoms with E-state index in [0.717, 1.165) is 12.0 Å². The molecule has 100 valence electrons. The highest BCUT2D eigenvalue weighted by atomic mass is 19.1. The van der Waals surface area contributed by atoms with Gasteiger partial charge in [0, 0.05) is 0 Å². The van der Waals surface area contributed by atoms with Gasteiger partial charge in [-0.25, -0.2) is 4.39 Å². The lowest BCUT2D eigenvalue weighted by atomic mass is 10.1. The number of allylic oxidation sites excluding steroid dienone is 8. The van der Waals surface area contributed by atoms with Gasteiger partial charge >= 0.3 is 0 Å². The van der Waals surface area contributed by atoms with Gasteiger partial charge in [0.1, 0.15) is 5.83 Å². The lowest BCUT2D eigenvalue weighted by Gasteiger charge is -2.01. The molecular weight excluding hydrogens is 223 g/mol. The minimum absolute atomic E-state index is 0.367. The molecule has 0 aliphatic rings. The summed E-state index contributed by atoms with van der Waals surface area (Å²) < 4.78 is 13.2. The maximum absolute atomic E-state index is 13.2. The van der Waals surface area contributed by atoms with Crippen LogP contribution in [0.3, 0.4) is 0 Å². The fourth-order valence-electron chi connectivity index (χ4n) is 0.812. The van der Waals surface area contributed by atoms with E-state index in [9.17, 15) is 4.39 Å². The third kappa shape index (κ3) is 8.51. The Labute approximate surface area is 112 Å². The first-order chi connectivity index (χ1) is 8.38. The van der Waals surface area contributed by atoms with Crippen LogP contribution >= 0.6 is 0 Å². The largest absolute Gasteiger partial charge is 0.207 e. The first-order valence-electron chi connectivity index (χ1n) is 6.15. The minimum Gasteiger partial charge on any atom is -0.207 e. The summed E-state index contributed by atoms with van der Waals surface area (Å²) in [5.41, 5.74) is 2.60. The van der Waals surface area contributed by atoms with E-state index in [1.807, 2.05) is 26.8 Å². The van der Waals surface area contributed by atoms with Crippen molar-refractivity contribution in [2.24, 2.45) is 0 Å². The van der Waals surface area contributed by atoms with Crippen LogP contribution in [0.2, 0.25) is 0 Å². The van der Waals surface area contributed by atoms with Crippen molar-refractivity contribution in [3.05, 3.63) is 72.7 Å². The van der Waals surface area contributed by atoms with Gasteiger partial charge < -0.3 is 0 Å². The van der Waals surface area contributed by atoms with Crippen LogP contribution in [0.4, 0.5) is 4.39 Å². The van der Waals surface area contributed by atoms with E-state index in [0.29, 0.717) is 16.7 Å². The van der Waals surface area contributed by atoms with E-state index >= 15 is 0 Å². The fraction of sp³-hybridized carbons (Fsp3) is 0.294. The third-order valence-corrected chi connectivity index (χ3v) is 2.10. The predicted octanol–water partition coefficient (Wildman–Crippen LogP) is 6.08. The average molecular weight is 248 g/mol. The van der Waals surface area contributed by atoms with Crippen molar-refractivity contribution in [3.8, 4) is 0 Å². The second-order valence-corrected chi connectivity index (χ2v) is 3.67. The Morgan fingerprint density at radius 2 is 1.50 bits per heavy atom. The molecule has 0 aromatic rings. The highest BCUT2D eigenvalue weighted by Crippen LogP contribution is 2.16. The van der Waals surface area contributed by atoms with Gasteiger partial charge in [0.2, 0.25) is 0 Å². The monoisotopic (exact) mass is 248 g/mol. The lowest BCUT2D eigenvalue weighted by Crippen LogP contribution is -1.82. The van der Waals surface area contributed by atoms with E-state index in [2.05, 4.69) is 26.3 Å². The van der Waals surface area contributed by atoms with Gasteiger partial charge in [0.25, 0.3) is 0 Å². The molecular formula is C17H25F. The summed E-state index contributed by atoms with van der Waals surface area (Å²) >= 11 is 0. The summed E-state index contributed by atoms with van der Waals surface area (Å²) in [4.78, 5) is 0. The van der Waals surface area contributed by atoms with Gasteiger partial charge in [-0.3, -0.25) is 0 Å². The summed E-state index contributed by atoms with van der Waals surface area (Å²) in [6.45, 7) is 22.5. The summed E-state index contributed by atoms with van der Waals surface area (Å²) in [5, 5.41) is 0. The molecule has 0 aliphatic heterocycles. The van der Waals surface area contributed by atoms with Crippen LogP contribution in [0, 0.1) is 0 Å². The molecule has 0 saturated heterocycles. The fourth-order valence-corrected chi connectivity index (χ4v) is 0.812. The molecule has 0 bridgehead atoms. The Balaban J connectivity index is 0. The number of halogens is 1. The molecule has 0 rings (SSSR count). The van der Waals surface area contributed by atoms with E-state index in [4.69, 9.17) is 0 Å². The molecule has 0 radical (unpaired) electrons. The molecule has 1 heteroatoms. The van der Waals surface area contributed by atoms with Crippen LogP contribution in [0.25, 0.3) is 0 Å². The maximum Gasteiger partial charge on any atom is 0.126 e. The molecule has 0 N–H and O–H groups in total. The first-order valence-corrected chi connectivity index (χ1v) is 6.15. The van der Waals surface area contributed by atoms with Crippen molar-refractivity contribution < 1.29 is 4.39 Å². The highest BCUT2D eigenvalue weighted by Gasteiger charge is 1.98. The highest BCUT2D eigenvalue weighted by molar-refractivity contribution is 5.46. The van der Waals surface area contributed by atoms with Gasteiger partial charge in [-0.1, -0.05) is 64.8 Å². The molecule has 0 fully saturated rings. The third-order valence-electron chi connectivity index (χ3n) is 2.10. The average Bonchev–Trinajstić information content (AvgIpc) is 2.37. The van der Waals surface area contributed by atoms with E-state index < -0.39 is 0 Å². The summed E-state index contributed by atoms with van der Waals surface area (Å²) in [5.74, 6) is -0.367. The summed E-state index contributed by atoms with van der Waals surface area (Å²) in [6, 6.07) is 0. The number of hydrogen-bond acceptors (Lipinski definition) is 0. The molecule has 0 saturated carbocycles. The van der Waals surface area contributed by atoms with E-state index in [1.165, 1.54) is 6.08 Å². The molecule has 0 spiro atoms. The Morgan fingerprint density at radius 1 is 1.00 bits per heavy atom. The molecule has 0 unspecified atom stereocenters. The van der Waals surface area contributed by atoms with Crippen LogP contribution < -0.4 is 0 Å². The summed E-state index contributed by atoms with van der Waals surface area (Å²) in [6.07, 6.45) is 5.87. The number of hydrogen-bond donors (Lipinski definition) is 0. The first kappa shape index (κ1) is 18.7. The Morgan fingerprint density at radius 3 is 1.89 bits per heavy atom. The quantitative estimate of drug-likeness (QED) is 0.500. The van der Waals surface area contributed by atoms with Crippen molar-refractivity contribution >= 4 is 0 Å². The normalized spacial score (nSPS) is 10.6. The molecule has 0 amide bonds. The van der Waals surface area contributed by atoms with Gasteiger partial charge in [0.05, 0.1) is 0 Å². The zero-order valence-corrected chi connectivity index (χ0v) is 12.1.